The highest BCUT2D eigenvalue weighted by Gasteiger charge is 2.33. The number of rotatable bonds is 8. The van der Waals surface area contributed by atoms with Crippen LogP contribution >= 0.6 is 0 Å². The summed E-state index contributed by atoms with van der Waals surface area (Å²) in [5.74, 6) is 1.57. The molecule has 5 rings (SSSR count). The predicted octanol–water partition coefficient (Wildman–Crippen LogP) is 3.46. The third-order valence-corrected chi connectivity index (χ3v) is 6.17. The van der Waals surface area contributed by atoms with E-state index in [9.17, 15) is 14.9 Å². The number of fused-ring (bicyclic) bond motifs is 1. The van der Waals surface area contributed by atoms with Gasteiger partial charge in [0.15, 0.2) is 18.2 Å². The van der Waals surface area contributed by atoms with Crippen molar-refractivity contribution in [3.8, 4) is 28.7 Å². The van der Waals surface area contributed by atoms with Crippen molar-refractivity contribution in [3.05, 3.63) is 65.7 Å². The first-order valence-electron chi connectivity index (χ1n) is 11.8. The third-order valence-electron chi connectivity index (χ3n) is 6.17. The second kappa shape index (κ2) is 10.6. The van der Waals surface area contributed by atoms with Crippen molar-refractivity contribution >= 4 is 23.6 Å². The molecule has 0 aliphatic carbocycles. The second-order valence-corrected chi connectivity index (χ2v) is 8.66. The highest BCUT2D eigenvalue weighted by molar-refractivity contribution is 5.95. The number of nitriles is 1. The maximum absolute atomic E-state index is 12.4. The summed E-state index contributed by atoms with van der Waals surface area (Å²) in [6, 6.07) is 19.0. The third kappa shape index (κ3) is 5.32. The second-order valence-electron chi connectivity index (χ2n) is 8.66. The number of aromatic nitrogens is 1. The van der Waals surface area contributed by atoms with Gasteiger partial charge in [0.05, 0.1) is 25.3 Å². The van der Waals surface area contributed by atoms with Crippen LogP contribution in [0.3, 0.4) is 0 Å². The zero-order chi connectivity index (χ0) is 25.8. The van der Waals surface area contributed by atoms with Crippen LogP contribution in [0.5, 0.6) is 11.5 Å². The SMILES string of the molecule is COc1ccc(C#N)c(-c2cccc(CNCC[C@@H]3CN(c4ccc5c(n4)NC(=O)CO5)C(=O)O3)c2)c1. The molecule has 37 heavy (non-hydrogen) atoms. The molecule has 0 spiro atoms. The van der Waals surface area contributed by atoms with Crippen LogP contribution in [0.15, 0.2) is 54.6 Å². The van der Waals surface area contributed by atoms with E-state index in [2.05, 4.69) is 21.7 Å². The first-order chi connectivity index (χ1) is 18.0. The average molecular weight is 500 g/mol. The Labute approximate surface area is 213 Å². The summed E-state index contributed by atoms with van der Waals surface area (Å²) < 4.78 is 16.2. The standard InChI is InChI=1S/C27H25N5O5/c1-35-20-6-5-19(13-28)22(12-20)18-4-2-3-17(11-18)14-29-10-9-21-15-32(27(34)37-21)24-8-7-23-26(30-24)31-25(33)16-36-23/h2-8,11-12,21,29H,9-10,14-16H2,1H3,(H,30,31,33)/t21-/m1/s1. The zero-order valence-corrected chi connectivity index (χ0v) is 20.2. The fraction of sp³-hybridized carbons (Fsp3) is 0.259. The molecule has 2 amide bonds. The number of nitrogens with one attached hydrogen (secondary N) is 2. The Morgan fingerprint density at radius 3 is 2.95 bits per heavy atom. The lowest BCUT2D eigenvalue weighted by Gasteiger charge is -2.19. The van der Waals surface area contributed by atoms with Crippen LogP contribution in [0.1, 0.15) is 17.5 Å². The van der Waals surface area contributed by atoms with Crippen molar-refractivity contribution in [2.24, 2.45) is 0 Å². The molecular weight excluding hydrogens is 474 g/mol. The minimum absolute atomic E-state index is 0.0545. The molecule has 0 saturated carbocycles. The van der Waals surface area contributed by atoms with Crippen LogP contribution in [-0.2, 0) is 16.1 Å². The van der Waals surface area contributed by atoms with Crippen molar-refractivity contribution in [2.75, 3.05) is 37.0 Å². The minimum atomic E-state index is -0.472. The average Bonchev–Trinajstić information content (AvgIpc) is 3.30. The van der Waals surface area contributed by atoms with Crippen LogP contribution in [0.2, 0.25) is 0 Å². The Balaban J connectivity index is 1.16. The summed E-state index contributed by atoms with van der Waals surface area (Å²) in [4.78, 5) is 29.8. The van der Waals surface area contributed by atoms with Gasteiger partial charge in [-0.2, -0.15) is 5.26 Å². The molecule has 2 aliphatic heterocycles. The largest absolute Gasteiger partial charge is 0.497 e. The van der Waals surface area contributed by atoms with Gasteiger partial charge < -0.3 is 24.8 Å². The number of cyclic esters (lactones) is 1. The number of hydrogen-bond acceptors (Lipinski definition) is 8. The van der Waals surface area contributed by atoms with E-state index in [1.54, 1.807) is 31.4 Å². The smallest absolute Gasteiger partial charge is 0.415 e. The number of hydrogen-bond donors (Lipinski definition) is 2. The molecule has 0 radical (unpaired) electrons. The number of carbonyl (C=O) groups excluding carboxylic acids is 2. The molecule has 1 aromatic heterocycles. The van der Waals surface area contributed by atoms with Crippen LogP contribution in [0.25, 0.3) is 11.1 Å². The van der Waals surface area contributed by atoms with Gasteiger partial charge in [-0.05, 0) is 60.5 Å². The monoisotopic (exact) mass is 499 g/mol. The van der Waals surface area contributed by atoms with Gasteiger partial charge in [0.2, 0.25) is 0 Å². The van der Waals surface area contributed by atoms with E-state index < -0.39 is 6.09 Å². The number of amides is 2. The number of benzene rings is 2. The van der Waals surface area contributed by atoms with E-state index in [-0.39, 0.29) is 18.6 Å². The molecule has 10 nitrogen and oxygen atoms in total. The van der Waals surface area contributed by atoms with E-state index in [1.165, 1.54) is 4.90 Å². The van der Waals surface area contributed by atoms with Gasteiger partial charge in [0.1, 0.15) is 17.7 Å². The number of ether oxygens (including phenoxy) is 3. The van der Waals surface area contributed by atoms with Crippen molar-refractivity contribution in [2.45, 2.75) is 19.1 Å². The van der Waals surface area contributed by atoms with Crippen molar-refractivity contribution < 1.29 is 23.8 Å². The molecular formula is C27H25N5O5. The van der Waals surface area contributed by atoms with Gasteiger partial charge in [-0.3, -0.25) is 9.69 Å². The van der Waals surface area contributed by atoms with Crippen LogP contribution in [-0.4, -0.2) is 49.9 Å². The maximum atomic E-state index is 12.4. The number of nitrogens with zero attached hydrogens (tertiary/aromatic N) is 3. The Kier molecular flexibility index (Phi) is 6.87. The lowest BCUT2D eigenvalue weighted by Crippen LogP contribution is -2.29. The molecule has 10 heteroatoms. The molecule has 188 valence electrons. The van der Waals surface area contributed by atoms with Gasteiger partial charge in [-0.15, -0.1) is 0 Å². The van der Waals surface area contributed by atoms with Gasteiger partial charge in [-0.25, -0.2) is 9.78 Å². The molecule has 2 N–H and O–H groups in total. The summed E-state index contributed by atoms with van der Waals surface area (Å²) in [7, 11) is 1.60. The summed E-state index contributed by atoms with van der Waals surface area (Å²) in [6.07, 6.45) is -0.133. The highest BCUT2D eigenvalue weighted by Crippen LogP contribution is 2.31. The Bertz CT molecular complexity index is 1390. The molecule has 0 unspecified atom stereocenters. The van der Waals surface area contributed by atoms with E-state index in [4.69, 9.17) is 14.2 Å². The Morgan fingerprint density at radius 1 is 1.22 bits per heavy atom. The molecule has 3 aromatic rings. The zero-order valence-electron chi connectivity index (χ0n) is 20.2. The summed E-state index contributed by atoms with van der Waals surface area (Å²) in [6.45, 7) is 1.57. The fourth-order valence-electron chi connectivity index (χ4n) is 4.29. The van der Waals surface area contributed by atoms with E-state index >= 15 is 0 Å². The molecule has 1 fully saturated rings. The van der Waals surface area contributed by atoms with Gasteiger partial charge in [0, 0.05) is 12.1 Å². The quantitative estimate of drug-likeness (QED) is 0.452. The first kappa shape index (κ1) is 24.1. The molecule has 0 bridgehead atoms. The van der Waals surface area contributed by atoms with Gasteiger partial charge in [-0.1, -0.05) is 18.2 Å². The first-order valence-corrected chi connectivity index (χ1v) is 11.8. The predicted molar refractivity (Wildman–Crippen MR) is 135 cm³/mol. The van der Waals surface area contributed by atoms with Gasteiger partial charge >= 0.3 is 6.09 Å². The van der Waals surface area contributed by atoms with Crippen LogP contribution in [0, 0.1) is 11.3 Å². The van der Waals surface area contributed by atoms with Crippen molar-refractivity contribution in [3.63, 3.8) is 0 Å². The molecule has 1 atom stereocenters. The van der Waals surface area contributed by atoms with E-state index in [0.717, 1.165) is 16.7 Å². The molecule has 1 saturated heterocycles. The molecule has 2 aliphatic rings. The number of carbonyl (C=O) groups is 2. The van der Waals surface area contributed by atoms with E-state index in [1.807, 2.05) is 30.3 Å². The lowest BCUT2D eigenvalue weighted by atomic mass is 9.98. The summed E-state index contributed by atoms with van der Waals surface area (Å²) >= 11 is 0. The van der Waals surface area contributed by atoms with Gasteiger partial charge in [0.25, 0.3) is 5.91 Å². The van der Waals surface area contributed by atoms with Crippen LogP contribution < -0.4 is 25.0 Å². The number of methoxy groups -OCH3 is 1. The van der Waals surface area contributed by atoms with Crippen molar-refractivity contribution in [1.29, 1.82) is 5.26 Å². The number of pyridine rings is 1. The normalized spacial score (nSPS) is 16.3. The maximum Gasteiger partial charge on any atom is 0.415 e. The Hall–Kier alpha value is -4.62. The molecule has 2 aromatic carbocycles. The lowest BCUT2D eigenvalue weighted by molar-refractivity contribution is -0.118. The molecule has 3 heterocycles. The highest BCUT2D eigenvalue weighted by atomic mass is 16.6. The number of anilines is 2. The van der Waals surface area contributed by atoms with Crippen LogP contribution in [0.4, 0.5) is 16.4 Å². The Morgan fingerprint density at radius 2 is 2.11 bits per heavy atom. The minimum Gasteiger partial charge on any atom is -0.497 e. The summed E-state index contributed by atoms with van der Waals surface area (Å²) in [5.41, 5.74) is 3.41. The topological polar surface area (TPSA) is 126 Å². The fourth-order valence-corrected chi connectivity index (χ4v) is 4.29. The van der Waals surface area contributed by atoms with E-state index in [0.29, 0.717) is 54.8 Å². The summed E-state index contributed by atoms with van der Waals surface area (Å²) in [5, 5.41) is 15.5. The van der Waals surface area contributed by atoms with Crippen molar-refractivity contribution in [1.82, 2.24) is 10.3 Å².